The lowest BCUT2D eigenvalue weighted by molar-refractivity contribution is 0.171. The summed E-state index contributed by atoms with van der Waals surface area (Å²) in [5.41, 5.74) is 0.902. The lowest BCUT2D eigenvalue weighted by Crippen LogP contribution is -2.33. The van der Waals surface area contributed by atoms with E-state index in [9.17, 15) is 8.42 Å². The van der Waals surface area contributed by atoms with Gasteiger partial charge >= 0.3 is 0 Å². The summed E-state index contributed by atoms with van der Waals surface area (Å²) in [5.74, 6) is 1.70. The molecule has 0 saturated heterocycles. The molecule has 1 aliphatic rings. The van der Waals surface area contributed by atoms with E-state index in [0.717, 1.165) is 12.0 Å². The van der Waals surface area contributed by atoms with Gasteiger partial charge in [0.15, 0.2) is 11.5 Å². The van der Waals surface area contributed by atoms with Gasteiger partial charge in [-0.3, -0.25) is 0 Å². The van der Waals surface area contributed by atoms with Crippen LogP contribution >= 0.6 is 0 Å². The smallest absolute Gasteiger partial charge is 0.212 e. The number of hydrogen-bond donors (Lipinski definition) is 1. The molecule has 22 heavy (non-hydrogen) atoms. The Morgan fingerprint density at radius 3 is 2.50 bits per heavy atom. The minimum Gasteiger partial charge on any atom is -0.486 e. The summed E-state index contributed by atoms with van der Waals surface area (Å²) >= 11 is 0. The maximum absolute atomic E-state index is 12.2. The Labute approximate surface area is 133 Å². The first-order valence-electron chi connectivity index (χ1n) is 7.82. The zero-order chi connectivity index (χ0) is 16.2. The number of nitrogens with one attached hydrogen (secondary N) is 1. The summed E-state index contributed by atoms with van der Waals surface area (Å²) < 4.78 is 38.3. The molecule has 0 fully saturated rings. The SMILES string of the molecule is CCCCS(=O)(=O)N[C@H](c1ccc2c(c1)OCCO2)C(C)C. The molecule has 1 atom stereocenters. The van der Waals surface area contributed by atoms with Crippen LogP contribution in [0.2, 0.25) is 0 Å². The molecule has 2 rings (SSSR count). The lowest BCUT2D eigenvalue weighted by atomic mass is 9.97. The highest BCUT2D eigenvalue weighted by Crippen LogP contribution is 2.34. The van der Waals surface area contributed by atoms with Crippen LogP contribution in [0.4, 0.5) is 0 Å². The van der Waals surface area contributed by atoms with Gasteiger partial charge in [-0.2, -0.15) is 0 Å². The highest BCUT2D eigenvalue weighted by atomic mass is 32.2. The standard InChI is InChI=1S/C16H25NO4S/c1-4-5-10-22(18,19)17-16(12(2)3)13-6-7-14-15(11-13)21-9-8-20-14/h6-7,11-12,16-17H,4-5,8-10H2,1-3H3/t16-/m0/s1. The molecule has 1 heterocycles. The molecule has 0 amide bonds. The monoisotopic (exact) mass is 327 g/mol. The lowest BCUT2D eigenvalue weighted by Gasteiger charge is -2.25. The van der Waals surface area contributed by atoms with E-state index >= 15 is 0 Å². The van der Waals surface area contributed by atoms with Crippen molar-refractivity contribution in [3.8, 4) is 11.5 Å². The van der Waals surface area contributed by atoms with Crippen LogP contribution in [0.3, 0.4) is 0 Å². The van der Waals surface area contributed by atoms with Crippen LogP contribution in [0, 0.1) is 5.92 Å². The van der Waals surface area contributed by atoms with Crippen molar-refractivity contribution in [3.63, 3.8) is 0 Å². The normalized spacial score (nSPS) is 15.8. The molecule has 124 valence electrons. The molecule has 0 radical (unpaired) electrons. The van der Waals surface area contributed by atoms with Crippen molar-refractivity contribution >= 4 is 10.0 Å². The number of benzene rings is 1. The van der Waals surface area contributed by atoms with Crippen LogP contribution < -0.4 is 14.2 Å². The van der Waals surface area contributed by atoms with E-state index in [1.165, 1.54) is 0 Å². The molecule has 5 nitrogen and oxygen atoms in total. The van der Waals surface area contributed by atoms with Gasteiger partial charge in [0.1, 0.15) is 13.2 Å². The van der Waals surface area contributed by atoms with Gasteiger partial charge in [0, 0.05) is 6.04 Å². The Morgan fingerprint density at radius 1 is 1.18 bits per heavy atom. The number of rotatable bonds is 7. The molecule has 1 aliphatic heterocycles. The Kier molecular flexibility index (Phi) is 5.69. The first-order valence-corrected chi connectivity index (χ1v) is 9.47. The van der Waals surface area contributed by atoms with E-state index in [1.54, 1.807) is 0 Å². The van der Waals surface area contributed by atoms with Crippen LogP contribution in [-0.4, -0.2) is 27.4 Å². The van der Waals surface area contributed by atoms with E-state index in [4.69, 9.17) is 9.47 Å². The minimum atomic E-state index is -3.28. The topological polar surface area (TPSA) is 64.6 Å². The summed E-state index contributed by atoms with van der Waals surface area (Å²) in [6, 6.07) is 5.36. The molecule has 0 aromatic heterocycles. The number of fused-ring (bicyclic) bond motifs is 1. The van der Waals surface area contributed by atoms with Gasteiger partial charge in [-0.05, 0) is 30.0 Å². The van der Waals surface area contributed by atoms with E-state index in [2.05, 4.69) is 4.72 Å². The second kappa shape index (κ2) is 7.33. The predicted molar refractivity (Wildman–Crippen MR) is 86.8 cm³/mol. The van der Waals surface area contributed by atoms with Crippen LogP contribution in [-0.2, 0) is 10.0 Å². The van der Waals surface area contributed by atoms with Gasteiger partial charge in [0.2, 0.25) is 10.0 Å². The number of ether oxygens (including phenoxy) is 2. The molecule has 1 aromatic carbocycles. The van der Waals surface area contributed by atoms with Gasteiger partial charge in [-0.15, -0.1) is 0 Å². The Bertz CT molecular complexity index is 598. The van der Waals surface area contributed by atoms with Gasteiger partial charge in [0.25, 0.3) is 0 Å². The molecule has 6 heteroatoms. The van der Waals surface area contributed by atoms with Crippen LogP contribution in [0.5, 0.6) is 11.5 Å². The van der Waals surface area contributed by atoms with E-state index in [1.807, 2.05) is 39.0 Å². The minimum absolute atomic E-state index is 0.138. The van der Waals surface area contributed by atoms with Crippen molar-refractivity contribution < 1.29 is 17.9 Å². The molecular weight excluding hydrogens is 302 g/mol. The fraction of sp³-hybridized carbons (Fsp3) is 0.625. The molecule has 1 aromatic rings. The summed E-state index contributed by atoms with van der Waals surface area (Å²) in [4.78, 5) is 0. The highest BCUT2D eigenvalue weighted by molar-refractivity contribution is 7.89. The van der Waals surface area contributed by atoms with Crippen molar-refractivity contribution in [2.45, 2.75) is 39.7 Å². The van der Waals surface area contributed by atoms with Crippen molar-refractivity contribution in [2.24, 2.45) is 5.92 Å². The van der Waals surface area contributed by atoms with Gasteiger partial charge in [-0.25, -0.2) is 13.1 Å². The van der Waals surface area contributed by atoms with Gasteiger partial charge in [-0.1, -0.05) is 33.3 Å². The molecule has 0 aliphatic carbocycles. The van der Waals surface area contributed by atoms with Crippen molar-refractivity contribution in [3.05, 3.63) is 23.8 Å². The molecule has 0 bridgehead atoms. The molecular formula is C16H25NO4S. The third-order valence-electron chi connectivity index (χ3n) is 3.67. The zero-order valence-corrected chi connectivity index (χ0v) is 14.3. The average Bonchev–Trinajstić information content (AvgIpc) is 2.50. The molecule has 0 unspecified atom stereocenters. The van der Waals surface area contributed by atoms with Crippen LogP contribution in [0.15, 0.2) is 18.2 Å². The Balaban J connectivity index is 2.21. The van der Waals surface area contributed by atoms with E-state index in [-0.39, 0.29) is 17.7 Å². The average molecular weight is 327 g/mol. The quantitative estimate of drug-likeness (QED) is 0.836. The van der Waals surface area contributed by atoms with Crippen LogP contribution in [0.25, 0.3) is 0 Å². The number of unbranched alkanes of at least 4 members (excludes halogenated alkanes) is 1. The summed E-state index contributed by atoms with van der Waals surface area (Å²) in [6.07, 6.45) is 1.53. The summed E-state index contributed by atoms with van der Waals surface area (Å²) in [5, 5.41) is 0. The maximum atomic E-state index is 12.2. The second-order valence-electron chi connectivity index (χ2n) is 5.92. The van der Waals surface area contributed by atoms with Gasteiger partial charge < -0.3 is 9.47 Å². The second-order valence-corrected chi connectivity index (χ2v) is 7.79. The first kappa shape index (κ1) is 17.1. The van der Waals surface area contributed by atoms with Crippen molar-refractivity contribution in [1.29, 1.82) is 0 Å². The van der Waals surface area contributed by atoms with Crippen molar-refractivity contribution in [1.82, 2.24) is 4.72 Å². The fourth-order valence-electron chi connectivity index (χ4n) is 2.43. The number of sulfonamides is 1. The van der Waals surface area contributed by atoms with Crippen LogP contribution in [0.1, 0.15) is 45.2 Å². The predicted octanol–water partition coefficient (Wildman–Crippen LogP) is 2.87. The fourth-order valence-corrected chi connectivity index (χ4v) is 4.01. The Morgan fingerprint density at radius 2 is 1.86 bits per heavy atom. The third kappa shape index (κ3) is 4.36. The van der Waals surface area contributed by atoms with E-state index < -0.39 is 10.0 Å². The van der Waals surface area contributed by atoms with E-state index in [0.29, 0.717) is 31.1 Å². The molecule has 0 saturated carbocycles. The highest BCUT2D eigenvalue weighted by Gasteiger charge is 2.24. The molecule has 1 N–H and O–H groups in total. The number of hydrogen-bond acceptors (Lipinski definition) is 4. The van der Waals surface area contributed by atoms with Crippen molar-refractivity contribution in [2.75, 3.05) is 19.0 Å². The third-order valence-corrected chi connectivity index (χ3v) is 5.10. The Hall–Kier alpha value is -1.27. The maximum Gasteiger partial charge on any atom is 0.212 e. The largest absolute Gasteiger partial charge is 0.486 e. The van der Waals surface area contributed by atoms with Gasteiger partial charge in [0.05, 0.1) is 5.75 Å². The first-order chi connectivity index (χ1) is 10.4. The molecule has 0 spiro atoms. The summed E-state index contributed by atoms with van der Waals surface area (Å²) in [6.45, 7) is 7.05. The summed E-state index contributed by atoms with van der Waals surface area (Å²) in [7, 11) is -3.28. The zero-order valence-electron chi connectivity index (χ0n) is 13.5.